The number of anilines is 1. The second-order valence-electron chi connectivity index (χ2n) is 5.32. The number of amides is 1. The Morgan fingerprint density at radius 3 is 2.68 bits per heavy atom. The van der Waals surface area contributed by atoms with Crippen LogP contribution in [0.5, 0.6) is 0 Å². The van der Waals surface area contributed by atoms with Gasteiger partial charge in [-0.15, -0.1) is 0 Å². The SMILES string of the molecule is O=C(Nc1ncnc2c1cnn2-c1ccccc1)c1cccc(F)c1. The third-order valence-corrected chi connectivity index (χ3v) is 3.69. The zero-order valence-electron chi connectivity index (χ0n) is 12.9. The molecule has 2 heterocycles. The molecule has 0 aliphatic heterocycles. The molecule has 0 saturated heterocycles. The molecule has 7 heteroatoms. The molecule has 0 aliphatic rings. The minimum absolute atomic E-state index is 0.210. The van der Waals surface area contributed by atoms with Crippen molar-refractivity contribution in [3.63, 3.8) is 0 Å². The Balaban J connectivity index is 1.72. The van der Waals surface area contributed by atoms with E-state index in [1.165, 1.54) is 30.6 Å². The fourth-order valence-electron chi connectivity index (χ4n) is 2.51. The van der Waals surface area contributed by atoms with Gasteiger partial charge in [-0.05, 0) is 30.3 Å². The number of nitrogens with one attached hydrogen (secondary N) is 1. The average Bonchev–Trinajstić information content (AvgIpc) is 3.07. The summed E-state index contributed by atoms with van der Waals surface area (Å²) in [5.41, 5.74) is 1.62. The van der Waals surface area contributed by atoms with Crippen molar-refractivity contribution in [3.05, 3.63) is 78.5 Å². The number of rotatable bonds is 3. The van der Waals surface area contributed by atoms with Crippen molar-refractivity contribution < 1.29 is 9.18 Å². The molecule has 1 N–H and O–H groups in total. The molecule has 0 saturated carbocycles. The molecule has 122 valence electrons. The van der Waals surface area contributed by atoms with Crippen molar-refractivity contribution in [3.8, 4) is 5.69 Å². The maximum absolute atomic E-state index is 13.3. The van der Waals surface area contributed by atoms with Crippen LogP contribution in [0, 0.1) is 5.82 Å². The molecule has 2 aromatic heterocycles. The van der Waals surface area contributed by atoms with Crippen LogP contribution in [0.25, 0.3) is 16.7 Å². The lowest BCUT2D eigenvalue weighted by molar-refractivity contribution is 0.102. The maximum atomic E-state index is 13.3. The van der Waals surface area contributed by atoms with Crippen molar-refractivity contribution in [1.82, 2.24) is 19.7 Å². The van der Waals surface area contributed by atoms with E-state index in [1.807, 2.05) is 30.3 Å². The highest BCUT2D eigenvalue weighted by molar-refractivity contribution is 6.07. The zero-order chi connectivity index (χ0) is 17.2. The van der Waals surface area contributed by atoms with Gasteiger partial charge in [-0.2, -0.15) is 5.10 Å². The van der Waals surface area contributed by atoms with Gasteiger partial charge in [0.05, 0.1) is 17.3 Å². The molecule has 0 fully saturated rings. The quantitative estimate of drug-likeness (QED) is 0.625. The largest absolute Gasteiger partial charge is 0.306 e. The highest BCUT2D eigenvalue weighted by atomic mass is 19.1. The number of nitrogens with zero attached hydrogens (tertiary/aromatic N) is 4. The molecule has 4 aromatic rings. The van der Waals surface area contributed by atoms with Crippen LogP contribution in [0.15, 0.2) is 67.1 Å². The number of halogens is 1. The minimum atomic E-state index is -0.475. The standard InChI is InChI=1S/C18H12FN5O/c19-13-6-4-5-12(9-13)18(25)23-16-15-10-22-24(17(15)21-11-20-16)14-7-2-1-3-8-14/h1-11H,(H,20,21,23,25). The first-order chi connectivity index (χ1) is 12.2. The smallest absolute Gasteiger partial charge is 0.256 e. The number of hydrogen-bond acceptors (Lipinski definition) is 4. The number of carbonyl (C=O) groups is 1. The van der Waals surface area contributed by atoms with Gasteiger partial charge in [0.2, 0.25) is 0 Å². The Morgan fingerprint density at radius 1 is 1.04 bits per heavy atom. The van der Waals surface area contributed by atoms with E-state index in [2.05, 4.69) is 20.4 Å². The van der Waals surface area contributed by atoms with Crippen molar-refractivity contribution >= 4 is 22.8 Å². The van der Waals surface area contributed by atoms with E-state index in [0.717, 1.165) is 5.69 Å². The third kappa shape index (κ3) is 2.83. The highest BCUT2D eigenvalue weighted by Gasteiger charge is 2.14. The van der Waals surface area contributed by atoms with Crippen molar-refractivity contribution in [2.75, 3.05) is 5.32 Å². The highest BCUT2D eigenvalue weighted by Crippen LogP contribution is 2.22. The Bertz CT molecular complexity index is 1060. The predicted molar refractivity (Wildman–Crippen MR) is 91.0 cm³/mol. The van der Waals surface area contributed by atoms with Crippen LogP contribution in [-0.2, 0) is 0 Å². The maximum Gasteiger partial charge on any atom is 0.256 e. The molecule has 0 unspecified atom stereocenters. The number of benzene rings is 2. The van der Waals surface area contributed by atoms with E-state index in [4.69, 9.17) is 0 Å². The summed E-state index contributed by atoms with van der Waals surface area (Å²) in [6.45, 7) is 0. The van der Waals surface area contributed by atoms with Crippen molar-refractivity contribution in [2.45, 2.75) is 0 Å². The van der Waals surface area contributed by atoms with E-state index >= 15 is 0 Å². The van der Waals surface area contributed by atoms with Gasteiger partial charge >= 0.3 is 0 Å². The third-order valence-electron chi connectivity index (χ3n) is 3.69. The van der Waals surface area contributed by atoms with Gasteiger partial charge in [0.25, 0.3) is 5.91 Å². The average molecular weight is 333 g/mol. The number of para-hydroxylation sites is 1. The summed E-state index contributed by atoms with van der Waals surface area (Å²) in [5.74, 6) is -0.606. The predicted octanol–water partition coefficient (Wildman–Crippen LogP) is 3.21. The molecular weight excluding hydrogens is 321 g/mol. The van der Waals surface area contributed by atoms with E-state index in [1.54, 1.807) is 10.9 Å². The number of carbonyl (C=O) groups excluding carboxylic acids is 1. The van der Waals surface area contributed by atoms with Crippen LogP contribution in [0.4, 0.5) is 10.2 Å². The number of fused-ring (bicyclic) bond motifs is 1. The fraction of sp³-hybridized carbons (Fsp3) is 0. The Hall–Kier alpha value is -3.61. The molecule has 0 spiro atoms. The molecular formula is C18H12FN5O. The first-order valence-electron chi connectivity index (χ1n) is 7.53. The number of hydrogen-bond donors (Lipinski definition) is 1. The second kappa shape index (κ2) is 6.12. The summed E-state index contributed by atoms with van der Waals surface area (Å²) in [6.07, 6.45) is 2.94. The summed E-state index contributed by atoms with van der Waals surface area (Å²) in [7, 11) is 0. The summed E-state index contributed by atoms with van der Waals surface area (Å²) >= 11 is 0. The van der Waals surface area contributed by atoms with Crippen LogP contribution >= 0.6 is 0 Å². The van der Waals surface area contributed by atoms with Gasteiger partial charge in [-0.3, -0.25) is 4.79 Å². The van der Waals surface area contributed by atoms with Crippen LogP contribution < -0.4 is 5.32 Å². The van der Waals surface area contributed by atoms with Gasteiger partial charge in [0, 0.05) is 5.56 Å². The Morgan fingerprint density at radius 2 is 1.88 bits per heavy atom. The second-order valence-corrected chi connectivity index (χ2v) is 5.32. The molecule has 1 amide bonds. The van der Waals surface area contributed by atoms with Gasteiger partial charge in [-0.25, -0.2) is 19.0 Å². The van der Waals surface area contributed by atoms with Gasteiger partial charge in [0.15, 0.2) is 5.65 Å². The molecule has 0 aliphatic carbocycles. The lowest BCUT2D eigenvalue weighted by Crippen LogP contribution is -2.13. The summed E-state index contributed by atoms with van der Waals surface area (Å²) in [5, 5.41) is 7.60. The summed E-state index contributed by atoms with van der Waals surface area (Å²) in [6, 6.07) is 15.0. The summed E-state index contributed by atoms with van der Waals surface area (Å²) in [4.78, 5) is 20.7. The Kier molecular flexibility index (Phi) is 3.66. The molecule has 25 heavy (non-hydrogen) atoms. The van der Waals surface area contributed by atoms with Crippen molar-refractivity contribution in [1.29, 1.82) is 0 Å². The van der Waals surface area contributed by atoms with Crippen LogP contribution in [-0.4, -0.2) is 25.7 Å². The molecule has 4 rings (SSSR count). The van der Waals surface area contributed by atoms with Gasteiger partial charge in [-0.1, -0.05) is 24.3 Å². The molecule has 0 radical (unpaired) electrons. The molecule has 6 nitrogen and oxygen atoms in total. The normalized spacial score (nSPS) is 10.8. The number of aromatic nitrogens is 4. The lowest BCUT2D eigenvalue weighted by Gasteiger charge is -2.06. The minimum Gasteiger partial charge on any atom is -0.306 e. The van der Waals surface area contributed by atoms with E-state index in [0.29, 0.717) is 16.9 Å². The van der Waals surface area contributed by atoms with E-state index in [9.17, 15) is 9.18 Å². The topological polar surface area (TPSA) is 72.7 Å². The van der Waals surface area contributed by atoms with Crippen molar-refractivity contribution in [2.24, 2.45) is 0 Å². The molecule has 2 aromatic carbocycles. The van der Waals surface area contributed by atoms with Gasteiger partial charge < -0.3 is 5.32 Å². The van der Waals surface area contributed by atoms with E-state index in [-0.39, 0.29) is 5.56 Å². The van der Waals surface area contributed by atoms with Crippen LogP contribution in [0.1, 0.15) is 10.4 Å². The lowest BCUT2D eigenvalue weighted by atomic mass is 10.2. The first kappa shape index (κ1) is 14.9. The summed E-state index contributed by atoms with van der Waals surface area (Å²) < 4.78 is 15.0. The fourth-order valence-corrected chi connectivity index (χ4v) is 2.51. The molecule has 0 bridgehead atoms. The van der Waals surface area contributed by atoms with Crippen LogP contribution in [0.3, 0.4) is 0 Å². The van der Waals surface area contributed by atoms with Crippen LogP contribution in [0.2, 0.25) is 0 Å². The Labute approximate surface area is 142 Å². The first-order valence-corrected chi connectivity index (χ1v) is 7.53. The van der Waals surface area contributed by atoms with E-state index < -0.39 is 11.7 Å². The molecule has 0 atom stereocenters. The monoisotopic (exact) mass is 333 g/mol. The van der Waals surface area contributed by atoms with Gasteiger partial charge in [0.1, 0.15) is 18.0 Å². The zero-order valence-corrected chi connectivity index (χ0v) is 12.9.